The average molecular weight is 415 g/mol. The Balaban J connectivity index is 1.71. The van der Waals surface area contributed by atoms with Gasteiger partial charge in [-0.05, 0) is 30.3 Å². The van der Waals surface area contributed by atoms with Crippen LogP contribution in [0.3, 0.4) is 0 Å². The minimum absolute atomic E-state index is 0.194. The van der Waals surface area contributed by atoms with E-state index in [1.807, 2.05) is 0 Å². The van der Waals surface area contributed by atoms with Crippen LogP contribution in [-0.2, 0) is 0 Å². The number of nitrogens with one attached hydrogen (secondary N) is 1. The number of rotatable bonds is 5. The molecule has 4 rings (SSSR count). The molecule has 146 valence electrons. The van der Waals surface area contributed by atoms with E-state index in [0.29, 0.717) is 16.8 Å². The molecule has 0 atom stereocenters. The molecular weight excluding hydrogens is 404 g/mol. The van der Waals surface area contributed by atoms with Crippen LogP contribution >= 0.6 is 11.6 Å². The molecule has 0 radical (unpaired) electrons. The van der Waals surface area contributed by atoms with Crippen molar-refractivity contribution in [3.05, 3.63) is 63.5 Å². The van der Waals surface area contributed by atoms with E-state index in [0.717, 1.165) is 6.07 Å². The Labute approximate surface area is 167 Å². The van der Waals surface area contributed by atoms with Crippen LogP contribution in [0.2, 0.25) is 5.02 Å². The van der Waals surface area contributed by atoms with Crippen molar-refractivity contribution in [2.45, 2.75) is 0 Å². The number of nitrogens with zero attached hydrogens (tertiary/aromatic N) is 3. The third-order valence-electron chi connectivity index (χ3n) is 3.90. The molecule has 1 aromatic carbocycles. The predicted octanol–water partition coefficient (Wildman–Crippen LogP) is 4.31. The number of nitro groups is 1. The van der Waals surface area contributed by atoms with E-state index in [4.69, 9.17) is 25.2 Å². The van der Waals surface area contributed by atoms with Crippen molar-refractivity contribution in [3.63, 3.8) is 0 Å². The van der Waals surface area contributed by atoms with Crippen molar-refractivity contribution in [2.24, 2.45) is 0 Å². The highest BCUT2D eigenvalue weighted by molar-refractivity contribution is 6.33. The molecule has 0 aliphatic rings. The quantitative estimate of drug-likeness (QED) is 0.377. The second kappa shape index (κ2) is 7.24. The van der Waals surface area contributed by atoms with Crippen molar-refractivity contribution in [2.75, 3.05) is 12.4 Å². The standard InChI is InChI=1S/C18H11ClN4O6/c1-27-15-10(19)7-9(18-22-16-12(29-18)3-2-6-20-16)8-11(15)21-17(24)13-4-5-14(28-13)23(25)26/h2-8H,1H3,(H,21,24). The Morgan fingerprint density at radius 3 is 2.79 bits per heavy atom. The number of oxazole rings is 1. The Hall–Kier alpha value is -3.92. The zero-order valence-electron chi connectivity index (χ0n) is 14.7. The smallest absolute Gasteiger partial charge is 0.433 e. The van der Waals surface area contributed by atoms with Gasteiger partial charge in [-0.25, -0.2) is 4.98 Å². The van der Waals surface area contributed by atoms with Gasteiger partial charge < -0.3 is 18.9 Å². The summed E-state index contributed by atoms with van der Waals surface area (Å²) in [5, 5.41) is 13.5. The van der Waals surface area contributed by atoms with E-state index in [9.17, 15) is 14.9 Å². The summed E-state index contributed by atoms with van der Waals surface area (Å²) in [7, 11) is 1.39. The van der Waals surface area contributed by atoms with E-state index < -0.39 is 16.7 Å². The number of carbonyl (C=O) groups is 1. The van der Waals surface area contributed by atoms with Crippen molar-refractivity contribution in [1.82, 2.24) is 9.97 Å². The van der Waals surface area contributed by atoms with Crippen LogP contribution in [0.5, 0.6) is 5.75 Å². The number of hydrogen-bond acceptors (Lipinski definition) is 8. The highest BCUT2D eigenvalue weighted by Gasteiger charge is 2.21. The fraction of sp³-hybridized carbons (Fsp3) is 0.0556. The highest BCUT2D eigenvalue weighted by atomic mass is 35.5. The van der Waals surface area contributed by atoms with E-state index in [1.165, 1.54) is 13.2 Å². The summed E-state index contributed by atoms with van der Waals surface area (Å²) in [5.41, 5.74) is 1.58. The molecular formula is C18H11ClN4O6. The van der Waals surface area contributed by atoms with Gasteiger partial charge >= 0.3 is 5.88 Å². The minimum atomic E-state index is -0.740. The second-order valence-corrected chi connectivity index (χ2v) is 6.14. The molecule has 1 amide bonds. The molecule has 10 nitrogen and oxygen atoms in total. The molecule has 0 aliphatic heterocycles. The lowest BCUT2D eigenvalue weighted by atomic mass is 10.1. The fourth-order valence-corrected chi connectivity index (χ4v) is 2.94. The van der Waals surface area contributed by atoms with Crippen LogP contribution in [0.4, 0.5) is 11.6 Å². The van der Waals surface area contributed by atoms with Gasteiger partial charge in [0.15, 0.2) is 22.7 Å². The second-order valence-electron chi connectivity index (χ2n) is 5.73. The molecule has 29 heavy (non-hydrogen) atoms. The van der Waals surface area contributed by atoms with Crippen LogP contribution in [0.25, 0.3) is 22.7 Å². The monoisotopic (exact) mass is 414 g/mol. The van der Waals surface area contributed by atoms with Gasteiger partial charge in [0, 0.05) is 11.8 Å². The number of halogens is 1. The van der Waals surface area contributed by atoms with E-state index in [2.05, 4.69) is 15.3 Å². The minimum Gasteiger partial charge on any atom is -0.493 e. The summed E-state index contributed by atoms with van der Waals surface area (Å²) in [4.78, 5) is 30.8. The first kappa shape index (κ1) is 18.4. The topological polar surface area (TPSA) is 134 Å². The summed E-state index contributed by atoms with van der Waals surface area (Å²) >= 11 is 6.28. The summed E-state index contributed by atoms with van der Waals surface area (Å²) in [6.07, 6.45) is 1.59. The third kappa shape index (κ3) is 3.48. The summed E-state index contributed by atoms with van der Waals surface area (Å²) in [6, 6.07) is 8.82. The van der Waals surface area contributed by atoms with Crippen molar-refractivity contribution >= 4 is 40.3 Å². The Morgan fingerprint density at radius 2 is 2.10 bits per heavy atom. The van der Waals surface area contributed by atoms with Crippen LogP contribution in [0.15, 0.2) is 51.4 Å². The number of carbonyl (C=O) groups excluding carboxylic acids is 1. The molecule has 0 saturated carbocycles. The van der Waals surface area contributed by atoms with E-state index in [1.54, 1.807) is 30.5 Å². The lowest BCUT2D eigenvalue weighted by Gasteiger charge is -2.12. The number of fused-ring (bicyclic) bond motifs is 1. The number of pyridine rings is 1. The summed E-state index contributed by atoms with van der Waals surface area (Å²) < 4.78 is 15.8. The van der Waals surface area contributed by atoms with Crippen LogP contribution < -0.4 is 10.1 Å². The highest BCUT2D eigenvalue weighted by Crippen LogP contribution is 2.38. The summed E-state index contributed by atoms with van der Waals surface area (Å²) in [5.74, 6) is -1.07. The Kier molecular flexibility index (Phi) is 4.61. The van der Waals surface area contributed by atoms with Crippen LogP contribution in [0, 0.1) is 10.1 Å². The largest absolute Gasteiger partial charge is 0.493 e. The molecule has 1 N–H and O–H groups in total. The Morgan fingerprint density at radius 1 is 1.28 bits per heavy atom. The van der Waals surface area contributed by atoms with Gasteiger partial charge in [0.25, 0.3) is 5.91 Å². The van der Waals surface area contributed by atoms with E-state index >= 15 is 0 Å². The molecule has 3 heterocycles. The van der Waals surface area contributed by atoms with Crippen molar-refractivity contribution in [1.29, 1.82) is 0 Å². The summed E-state index contributed by atoms with van der Waals surface area (Å²) in [6.45, 7) is 0. The van der Waals surface area contributed by atoms with Gasteiger partial charge in [-0.3, -0.25) is 14.9 Å². The molecule has 4 aromatic rings. The first-order chi connectivity index (χ1) is 14.0. The number of methoxy groups -OCH3 is 1. The predicted molar refractivity (Wildman–Crippen MR) is 102 cm³/mol. The van der Waals surface area contributed by atoms with Gasteiger partial charge in [-0.15, -0.1) is 0 Å². The number of benzene rings is 1. The van der Waals surface area contributed by atoms with Crippen molar-refractivity contribution < 1.29 is 23.3 Å². The molecule has 0 bridgehead atoms. The molecule has 0 spiro atoms. The maximum Gasteiger partial charge on any atom is 0.433 e. The maximum absolute atomic E-state index is 12.4. The molecule has 3 aromatic heterocycles. The number of aromatic nitrogens is 2. The zero-order chi connectivity index (χ0) is 20.5. The van der Waals surface area contributed by atoms with Gasteiger partial charge in [0.05, 0.1) is 23.9 Å². The van der Waals surface area contributed by atoms with Crippen molar-refractivity contribution in [3.8, 4) is 17.2 Å². The Bertz CT molecular complexity index is 1220. The maximum atomic E-state index is 12.4. The van der Waals surface area contributed by atoms with Gasteiger partial charge in [-0.1, -0.05) is 11.6 Å². The van der Waals surface area contributed by atoms with Crippen LogP contribution in [-0.4, -0.2) is 27.9 Å². The van der Waals surface area contributed by atoms with Crippen LogP contribution in [0.1, 0.15) is 10.6 Å². The zero-order valence-corrected chi connectivity index (χ0v) is 15.5. The third-order valence-corrected chi connectivity index (χ3v) is 4.18. The number of hydrogen-bond donors (Lipinski definition) is 1. The van der Waals surface area contributed by atoms with E-state index in [-0.39, 0.29) is 28.1 Å². The average Bonchev–Trinajstić information content (AvgIpc) is 3.35. The van der Waals surface area contributed by atoms with Gasteiger partial charge in [-0.2, -0.15) is 4.98 Å². The number of anilines is 1. The first-order valence-electron chi connectivity index (χ1n) is 8.11. The lowest BCUT2D eigenvalue weighted by molar-refractivity contribution is -0.402. The van der Waals surface area contributed by atoms with Gasteiger partial charge in [0.1, 0.15) is 4.92 Å². The lowest BCUT2D eigenvalue weighted by Crippen LogP contribution is -2.12. The number of furan rings is 1. The first-order valence-corrected chi connectivity index (χ1v) is 8.49. The number of ether oxygens (including phenoxy) is 1. The molecule has 0 aliphatic carbocycles. The fourth-order valence-electron chi connectivity index (χ4n) is 2.64. The van der Waals surface area contributed by atoms with Gasteiger partial charge in [0.2, 0.25) is 5.89 Å². The molecule has 0 fully saturated rings. The number of amides is 1. The molecule has 11 heteroatoms. The normalized spacial score (nSPS) is 10.8. The molecule has 0 saturated heterocycles. The molecule has 0 unspecified atom stereocenters. The SMILES string of the molecule is COc1c(Cl)cc(-c2nc3ncccc3o2)cc1NC(=O)c1ccc([N+](=O)[O-])o1.